The van der Waals surface area contributed by atoms with Crippen molar-refractivity contribution in [3.8, 4) is 0 Å². The Morgan fingerprint density at radius 3 is 2.44 bits per heavy atom. The predicted octanol–water partition coefficient (Wildman–Crippen LogP) is 3.75. The minimum absolute atomic E-state index is 0.157. The number of pyridine rings is 1. The van der Waals surface area contributed by atoms with Crippen molar-refractivity contribution in [1.29, 1.82) is 0 Å². The Bertz CT molecular complexity index is 945. The quantitative estimate of drug-likeness (QED) is 0.615. The van der Waals surface area contributed by atoms with E-state index in [1.165, 1.54) is 6.20 Å². The Hall–Kier alpha value is -3.55. The van der Waals surface area contributed by atoms with E-state index in [2.05, 4.69) is 30.9 Å². The summed E-state index contributed by atoms with van der Waals surface area (Å²) in [6.07, 6.45) is 2.36. The number of hydrogen-bond acceptors (Lipinski definition) is 6. The highest BCUT2D eigenvalue weighted by Gasteiger charge is 2.08. The molecule has 138 valence electrons. The van der Waals surface area contributed by atoms with Gasteiger partial charge in [-0.3, -0.25) is 9.78 Å². The molecule has 2 aromatic heterocycles. The molecule has 0 radical (unpaired) electrons. The van der Waals surface area contributed by atoms with Gasteiger partial charge in [0.05, 0.1) is 11.8 Å². The van der Waals surface area contributed by atoms with E-state index in [-0.39, 0.29) is 5.56 Å². The van der Waals surface area contributed by atoms with Crippen LogP contribution in [0.4, 0.5) is 27.4 Å². The SMILES string of the molecule is CCNc1cc(Nc2ccc(NC(=O)c3cncc(F)c3)cc2)nc(C)n1. The van der Waals surface area contributed by atoms with Gasteiger partial charge in [0.1, 0.15) is 23.3 Å². The number of carbonyl (C=O) groups excluding carboxylic acids is 1. The van der Waals surface area contributed by atoms with Crippen molar-refractivity contribution < 1.29 is 9.18 Å². The number of anilines is 4. The summed E-state index contributed by atoms with van der Waals surface area (Å²) in [6, 6.07) is 10.1. The van der Waals surface area contributed by atoms with Crippen LogP contribution in [0.3, 0.4) is 0 Å². The summed E-state index contributed by atoms with van der Waals surface area (Å²) in [6.45, 7) is 4.59. The zero-order chi connectivity index (χ0) is 19.2. The van der Waals surface area contributed by atoms with Gasteiger partial charge in [-0.25, -0.2) is 14.4 Å². The van der Waals surface area contributed by atoms with Gasteiger partial charge in [-0.05, 0) is 44.2 Å². The van der Waals surface area contributed by atoms with Crippen molar-refractivity contribution >= 4 is 28.9 Å². The molecule has 2 heterocycles. The Balaban J connectivity index is 1.68. The van der Waals surface area contributed by atoms with Crippen molar-refractivity contribution in [2.75, 3.05) is 22.5 Å². The minimum atomic E-state index is -0.556. The fourth-order valence-electron chi connectivity index (χ4n) is 2.43. The summed E-state index contributed by atoms with van der Waals surface area (Å²) >= 11 is 0. The van der Waals surface area contributed by atoms with E-state index in [1.54, 1.807) is 12.1 Å². The van der Waals surface area contributed by atoms with Crippen LogP contribution >= 0.6 is 0 Å². The first-order chi connectivity index (χ1) is 13.0. The Morgan fingerprint density at radius 2 is 1.74 bits per heavy atom. The Morgan fingerprint density at radius 1 is 1.04 bits per heavy atom. The van der Waals surface area contributed by atoms with Gasteiger partial charge >= 0.3 is 0 Å². The van der Waals surface area contributed by atoms with Crippen molar-refractivity contribution in [3.05, 3.63) is 66.0 Å². The zero-order valence-corrected chi connectivity index (χ0v) is 15.0. The number of aryl methyl sites for hydroxylation is 1. The van der Waals surface area contributed by atoms with Gasteiger partial charge in [-0.2, -0.15) is 0 Å². The maximum Gasteiger partial charge on any atom is 0.257 e. The molecule has 0 bridgehead atoms. The zero-order valence-electron chi connectivity index (χ0n) is 15.0. The van der Waals surface area contributed by atoms with E-state index in [4.69, 9.17) is 0 Å². The normalized spacial score (nSPS) is 10.3. The van der Waals surface area contributed by atoms with E-state index < -0.39 is 11.7 Å². The number of benzene rings is 1. The van der Waals surface area contributed by atoms with E-state index in [0.717, 1.165) is 30.3 Å². The van der Waals surface area contributed by atoms with Gasteiger partial charge in [-0.15, -0.1) is 0 Å². The molecule has 0 fully saturated rings. The van der Waals surface area contributed by atoms with Crippen LogP contribution in [0.5, 0.6) is 0 Å². The number of amides is 1. The van der Waals surface area contributed by atoms with E-state index in [1.807, 2.05) is 32.0 Å². The van der Waals surface area contributed by atoms with Crippen LogP contribution in [-0.4, -0.2) is 27.4 Å². The average molecular weight is 366 g/mol. The molecule has 27 heavy (non-hydrogen) atoms. The number of aromatic nitrogens is 3. The second kappa shape index (κ2) is 8.22. The molecule has 1 aromatic carbocycles. The molecular weight excluding hydrogens is 347 g/mol. The molecule has 3 aromatic rings. The van der Waals surface area contributed by atoms with E-state index >= 15 is 0 Å². The van der Waals surface area contributed by atoms with Crippen LogP contribution in [0.25, 0.3) is 0 Å². The van der Waals surface area contributed by atoms with Gasteiger partial charge in [-0.1, -0.05) is 0 Å². The maximum atomic E-state index is 13.2. The summed E-state index contributed by atoms with van der Waals surface area (Å²) < 4.78 is 13.2. The first kappa shape index (κ1) is 18.2. The van der Waals surface area contributed by atoms with Crippen molar-refractivity contribution in [2.24, 2.45) is 0 Å². The monoisotopic (exact) mass is 366 g/mol. The predicted molar refractivity (Wildman–Crippen MR) is 103 cm³/mol. The highest BCUT2D eigenvalue weighted by atomic mass is 19.1. The second-order valence-corrected chi connectivity index (χ2v) is 5.76. The maximum absolute atomic E-state index is 13.2. The third-order valence-electron chi connectivity index (χ3n) is 3.58. The summed E-state index contributed by atoms with van der Waals surface area (Å²) in [5.74, 6) is 1.09. The molecular formula is C19H19FN6O. The van der Waals surface area contributed by atoms with Crippen LogP contribution in [0, 0.1) is 12.7 Å². The number of nitrogens with zero attached hydrogens (tertiary/aromatic N) is 3. The fraction of sp³-hybridized carbons (Fsp3) is 0.158. The molecule has 0 aliphatic heterocycles. The highest BCUT2D eigenvalue weighted by molar-refractivity contribution is 6.04. The number of carbonyl (C=O) groups is 1. The van der Waals surface area contributed by atoms with Crippen molar-refractivity contribution in [3.63, 3.8) is 0 Å². The molecule has 0 saturated heterocycles. The van der Waals surface area contributed by atoms with E-state index in [9.17, 15) is 9.18 Å². The lowest BCUT2D eigenvalue weighted by molar-refractivity contribution is 0.102. The molecule has 0 aliphatic rings. The lowest BCUT2D eigenvalue weighted by Crippen LogP contribution is -2.12. The topological polar surface area (TPSA) is 91.8 Å². The van der Waals surface area contributed by atoms with Crippen LogP contribution in [-0.2, 0) is 0 Å². The van der Waals surface area contributed by atoms with Crippen LogP contribution in [0.15, 0.2) is 48.8 Å². The largest absolute Gasteiger partial charge is 0.370 e. The van der Waals surface area contributed by atoms with Crippen LogP contribution < -0.4 is 16.0 Å². The van der Waals surface area contributed by atoms with Crippen molar-refractivity contribution in [1.82, 2.24) is 15.0 Å². The molecule has 0 aliphatic carbocycles. The van der Waals surface area contributed by atoms with Gasteiger partial charge < -0.3 is 16.0 Å². The second-order valence-electron chi connectivity index (χ2n) is 5.76. The van der Waals surface area contributed by atoms with Gasteiger partial charge in [0.2, 0.25) is 0 Å². The third kappa shape index (κ3) is 4.97. The number of hydrogen-bond donors (Lipinski definition) is 3. The molecule has 3 rings (SSSR count). The molecule has 0 spiro atoms. The standard InChI is InChI=1S/C19H19FN6O/c1-3-22-17-9-18(24-12(2)23-17)25-15-4-6-16(7-5-15)26-19(27)13-8-14(20)11-21-10-13/h4-11H,3H2,1-2H3,(H,26,27)(H2,22,23,24,25). The van der Waals surface area contributed by atoms with Crippen LogP contribution in [0.2, 0.25) is 0 Å². The minimum Gasteiger partial charge on any atom is -0.370 e. The lowest BCUT2D eigenvalue weighted by Gasteiger charge is -2.10. The summed E-state index contributed by atoms with van der Waals surface area (Å²) in [5, 5.41) is 9.06. The molecule has 0 atom stereocenters. The van der Waals surface area contributed by atoms with Gasteiger partial charge in [0, 0.05) is 30.2 Å². The summed E-state index contributed by atoms with van der Waals surface area (Å²) in [7, 11) is 0. The number of halogens is 1. The molecule has 0 saturated carbocycles. The lowest BCUT2D eigenvalue weighted by atomic mass is 10.2. The van der Waals surface area contributed by atoms with Gasteiger partial charge in [0.25, 0.3) is 5.91 Å². The average Bonchev–Trinajstić information content (AvgIpc) is 2.63. The summed E-state index contributed by atoms with van der Waals surface area (Å²) in [4.78, 5) is 24.5. The fourth-order valence-corrected chi connectivity index (χ4v) is 2.43. The smallest absolute Gasteiger partial charge is 0.257 e. The molecule has 7 nitrogen and oxygen atoms in total. The molecule has 3 N–H and O–H groups in total. The van der Waals surface area contributed by atoms with Crippen LogP contribution in [0.1, 0.15) is 23.1 Å². The number of nitrogens with one attached hydrogen (secondary N) is 3. The first-order valence-electron chi connectivity index (χ1n) is 8.42. The molecule has 1 amide bonds. The summed E-state index contributed by atoms with van der Waals surface area (Å²) in [5.41, 5.74) is 1.55. The van der Waals surface area contributed by atoms with E-state index in [0.29, 0.717) is 17.3 Å². The van der Waals surface area contributed by atoms with Gasteiger partial charge in [0.15, 0.2) is 0 Å². The molecule has 8 heteroatoms. The first-order valence-corrected chi connectivity index (χ1v) is 8.42. The Kier molecular flexibility index (Phi) is 5.55. The van der Waals surface area contributed by atoms with Crippen molar-refractivity contribution in [2.45, 2.75) is 13.8 Å². The Labute approximate surface area is 156 Å². The third-order valence-corrected chi connectivity index (χ3v) is 3.58. The molecule has 0 unspecified atom stereocenters. The number of rotatable bonds is 6. The highest BCUT2D eigenvalue weighted by Crippen LogP contribution is 2.20.